The van der Waals surface area contributed by atoms with Crippen LogP contribution in [0.15, 0.2) is 28.9 Å². The summed E-state index contributed by atoms with van der Waals surface area (Å²) in [7, 11) is 1.57. The Morgan fingerprint density at radius 2 is 2.17 bits per heavy atom. The Morgan fingerprint density at radius 1 is 1.43 bits per heavy atom. The maximum atomic E-state index is 13.8. The van der Waals surface area contributed by atoms with Crippen LogP contribution in [0.3, 0.4) is 0 Å². The number of ether oxygens (including phenoxy) is 2. The van der Waals surface area contributed by atoms with E-state index in [0.717, 1.165) is 9.13 Å². The average molecular weight is 515 g/mol. The number of nitrogens with zero attached hydrogens (tertiary/aromatic N) is 1. The van der Waals surface area contributed by atoms with Gasteiger partial charge < -0.3 is 9.47 Å². The molecule has 0 saturated heterocycles. The van der Waals surface area contributed by atoms with Crippen LogP contribution in [-0.4, -0.2) is 18.7 Å². The molecule has 1 heterocycles. The van der Waals surface area contributed by atoms with Crippen LogP contribution in [0.5, 0.6) is 11.6 Å². The maximum Gasteiger partial charge on any atom is 0.214 e. The molecule has 3 nitrogen and oxygen atoms in total. The Hall–Kier alpha value is -0.600. The highest BCUT2D eigenvalue weighted by atomic mass is 127. The maximum absolute atomic E-state index is 13.8. The molecule has 7 heteroatoms. The first-order valence-electron chi connectivity index (χ1n) is 6.87. The van der Waals surface area contributed by atoms with Gasteiger partial charge in [-0.15, -0.1) is 0 Å². The number of benzene rings is 1. The monoisotopic (exact) mass is 513 g/mol. The SMILES string of the molecule is COc1cc(I)c(OCC(C)Cc2ccc(Cl)c(F)c2Br)cn1. The van der Waals surface area contributed by atoms with Crippen molar-refractivity contribution < 1.29 is 13.9 Å². The summed E-state index contributed by atoms with van der Waals surface area (Å²) in [6.07, 6.45) is 2.32. The minimum absolute atomic E-state index is 0.114. The molecule has 0 aliphatic heterocycles. The fourth-order valence-corrected chi connectivity index (χ4v) is 3.35. The van der Waals surface area contributed by atoms with Crippen LogP contribution in [0.2, 0.25) is 5.02 Å². The highest BCUT2D eigenvalue weighted by Gasteiger charge is 2.14. The lowest BCUT2D eigenvalue weighted by atomic mass is 10.0. The molecule has 1 unspecified atom stereocenters. The predicted molar refractivity (Wildman–Crippen MR) is 101 cm³/mol. The van der Waals surface area contributed by atoms with E-state index in [1.807, 2.05) is 19.1 Å². The molecule has 0 aliphatic carbocycles. The van der Waals surface area contributed by atoms with E-state index in [2.05, 4.69) is 43.5 Å². The highest BCUT2D eigenvalue weighted by Crippen LogP contribution is 2.29. The summed E-state index contributed by atoms with van der Waals surface area (Å²) in [5.41, 5.74) is 0.866. The number of aromatic nitrogens is 1. The van der Waals surface area contributed by atoms with Gasteiger partial charge in [-0.1, -0.05) is 24.6 Å². The molecule has 0 aliphatic rings. The van der Waals surface area contributed by atoms with Gasteiger partial charge in [0.15, 0.2) is 11.6 Å². The van der Waals surface area contributed by atoms with Crippen molar-refractivity contribution in [2.45, 2.75) is 13.3 Å². The highest BCUT2D eigenvalue weighted by molar-refractivity contribution is 14.1. The molecule has 0 radical (unpaired) electrons. The van der Waals surface area contributed by atoms with E-state index >= 15 is 0 Å². The smallest absolute Gasteiger partial charge is 0.214 e. The molecule has 1 atom stereocenters. The molecule has 0 saturated carbocycles. The molecule has 0 spiro atoms. The minimum Gasteiger partial charge on any atom is -0.491 e. The van der Waals surface area contributed by atoms with Gasteiger partial charge in [-0.05, 0) is 62.5 Å². The van der Waals surface area contributed by atoms with Crippen LogP contribution >= 0.6 is 50.1 Å². The Morgan fingerprint density at radius 3 is 2.83 bits per heavy atom. The van der Waals surface area contributed by atoms with Gasteiger partial charge >= 0.3 is 0 Å². The molecule has 23 heavy (non-hydrogen) atoms. The van der Waals surface area contributed by atoms with Crippen LogP contribution in [0.25, 0.3) is 0 Å². The summed E-state index contributed by atoms with van der Waals surface area (Å²) >= 11 is 11.2. The van der Waals surface area contributed by atoms with Crippen LogP contribution in [0.4, 0.5) is 4.39 Å². The molecule has 0 N–H and O–H groups in total. The number of methoxy groups -OCH3 is 1. The van der Waals surface area contributed by atoms with Gasteiger partial charge in [-0.25, -0.2) is 9.37 Å². The normalized spacial score (nSPS) is 12.1. The molecule has 1 aromatic heterocycles. The molecule has 0 fully saturated rings. The second-order valence-corrected chi connectivity index (χ2v) is 7.47. The lowest BCUT2D eigenvalue weighted by Crippen LogP contribution is -2.12. The van der Waals surface area contributed by atoms with Crippen LogP contribution in [0, 0.1) is 15.3 Å². The average Bonchev–Trinajstić information content (AvgIpc) is 2.54. The van der Waals surface area contributed by atoms with Crippen LogP contribution in [-0.2, 0) is 6.42 Å². The van der Waals surface area contributed by atoms with Crippen molar-refractivity contribution in [3.63, 3.8) is 0 Å². The molecule has 0 amide bonds. The quantitative estimate of drug-likeness (QED) is 0.377. The molecule has 2 rings (SSSR count). The Bertz CT molecular complexity index is 702. The Labute approximate surface area is 161 Å². The largest absolute Gasteiger partial charge is 0.491 e. The van der Waals surface area contributed by atoms with Crippen molar-refractivity contribution in [1.29, 1.82) is 0 Å². The standard InChI is InChI=1S/C16H15BrClFINO2/c1-9(5-10-3-4-11(18)16(19)15(10)17)8-23-13-7-21-14(22-2)6-12(13)20/h3-4,6-7,9H,5,8H2,1-2H3. The van der Waals surface area contributed by atoms with Gasteiger partial charge in [0.2, 0.25) is 5.88 Å². The lowest BCUT2D eigenvalue weighted by molar-refractivity contribution is 0.256. The fourth-order valence-electron chi connectivity index (χ4n) is 2.01. The van der Waals surface area contributed by atoms with Crippen molar-refractivity contribution in [1.82, 2.24) is 4.98 Å². The van der Waals surface area contributed by atoms with Crippen molar-refractivity contribution in [2.24, 2.45) is 5.92 Å². The number of hydrogen-bond donors (Lipinski definition) is 0. The van der Waals surface area contributed by atoms with Gasteiger partial charge in [-0.2, -0.15) is 0 Å². The van der Waals surface area contributed by atoms with E-state index in [1.54, 1.807) is 19.4 Å². The van der Waals surface area contributed by atoms with Crippen LogP contribution < -0.4 is 9.47 Å². The van der Waals surface area contributed by atoms with Crippen molar-refractivity contribution in [2.75, 3.05) is 13.7 Å². The summed E-state index contributed by atoms with van der Waals surface area (Å²) < 4.78 is 26.0. The summed E-state index contributed by atoms with van der Waals surface area (Å²) in [5, 5.41) is 0.114. The van der Waals surface area contributed by atoms with E-state index in [4.69, 9.17) is 21.1 Å². The second kappa shape index (κ2) is 8.48. The summed E-state index contributed by atoms with van der Waals surface area (Å²) in [4.78, 5) is 4.13. The zero-order valence-corrected chi connectivity index (χ0v) is 17.1. The van der Waals surface area contributed by atoms with Gasteiger partial charge in [0.1, 0.15) is 0 Å². The lowest BCUT2D eigenvalue weighted by Gasteiger charge is -2.15. The van der Waals surface area contributed by atoms with Gasteiger partial charge in [0.25, 0.3) is 0 Å². The summed E-state index contributed by atoms with van der Waals surface area (Å²) in [6, 6.07) is 5.21. The summed E-state index contributed by atoms with van der Waals surface area (Å²) in [6.45, 7) is 2.55. The second-order valence-electron chi connectivity index (χ2n) is 5.11. The number of pyridine rings is 1. The topological polar surface area (TPSA) is 31.4 Å². The van der Waals surface area contributed by atoms with Crippen LogP contribution in [0.1, 0.15) is 12.5 Å². The van der Waals surface area contributed by atoms with E-state index in [0.29, 0.717) is 29.1 Å². The molecular weight excluding hydrogens is 499 g/mol. The van der Waals surface area contributed by atoms with Crippen molar-refractivity contribution in [3.05, 3.63) is 48.8 Å². The third-order valence-corrected chi connectivity index (χ3v) is 5.20. The van der Waals surface area contributed by atoms with Gasteiger partial charge in [-0.3, -0.25) is 0 Å². The Balaban J connectivity index is 1.98. The van der Waals surface area contributed by atoms with Crippen molar-refractivity contribution >= 4 is 50.1 Å². The van der Waals surface area contributed by atoms with Gasteiger partial charge in [0.05, 0.1) is 33.0 Å². The molecule has 2 aromatic rings. The zero-order chi connectivity index (χ0) is 17.0. The third kappa shape index (κ3) is 4.93. The molecule has 1 aromatic carbocycles. The number of rotatable bonds is 6. The predicted octanol–water partition coefficient (Wildman–Crippen LogP) is 5.51. The number of hydrogen-bond acceptors (Lipinski definition) is 3. The van der Waals surface area contributed by atoms with E-state index in [1.165, 1.54) is 0 Å². The fraction of sp³-hybridized carbons (Fsp3) is 0.312. The minimum atomic E-state index is -0.425. The van der Waals surface area contributed by atoms with Crippen molar-refractivity contribution in [3.8, 4) is 11.6 Å². The summed E-state index contributed by atoms with van der Waals surface area (Å²) in [5.74, 6) is 1.03. The first-order valence-corrected chi connectivity index (χ1v) is 9.12. The third-order valence-electron chi connectivity index (χ3n) is 3.21. The van der Waals surface area contributed by atoms with Gasteiger partial charge in [0, 0.05) is 6.07 Å². The zero-order valence-electron chi connectivity index (χ0n) is 12.6. The molecular formula is C16H15BrClFINO2. The van der Waals surface area contributed by atoms with E-state index in [9.17, 15) is 4.39 Å². The Kier molecular flexibility index (Phi) is 6.91. The van der Waals surface area contributed by atoms with E-state index < -0.39 is 5.82 Å². The van der Waals surface area contributed by atoms with E-state index in [-0.39, 0.29) is 10.9 Å². The first-order chi connectivity index (χ1) is 10.9. The molecule has 0 bridgehead atoms. The molecule has 124 valence electrons. The first kappa shape index (κ1) is 18.7. The number of halogens is 4.